The van der Waals surface area contributed by atoms with E-state index in [1.54, 1.807) is 18.2 Å². The number of benzene rings is 1. The lowest BCUT2D eigenvalue weighted by Crippen LogP contribution is -3.00. The van der Waals surface area contributed by atoms with Crippen LogP contribution >= 0.6 is 0 Å². The minimum Gasteiger partial charge on any atom is -1.00 e. The predicted molar refractivity (Wildman–Crippen MR) is 66.3 cm³/mol. The summed E-state index contributed by atoms with van der Waals surface area (Å²) < 4.78 is 22.1. The Morgan fingerprint density at radius 2 is 1.84 bits per heavy atom. The van der Waals surface area contributed by atoms with Crippen molar-refractivity contribution in [2.45, 2.75) is 4.90 Å². The Morgan fingerprint density at radius 1 is 1.21 bits per heavy atom. The number of H-pyrrole nitrogens is 1. The molecule has 6 N–H and O–H groups in total. The Kier molecular flexibility index (Phi) is 4.65. The van der Waals surface area contributed by atoms with Crippen LogP contribution in [0.5, 0.6) is 0 Å². The molecule has 0 aliphatic carbocycles. The number of nitrogens with one attached hydrogen (secondary N) is 2. The van der Waals surface area contributed by atoms with Gasteiger partial charge < -0.3 is 18.1 Å². The van der Waals surface area contributed by atoms with Crippen molar-refractivity contribution in [3.05, 3.63) is 36.7 Å². The molecule has 1 aromatic heterocycles. The number of nitrogen functional groups attached to an aromatic ring is 1. The van der Waals surface area contributed by atoms with Crippen LogP contribution in [-0.4, -0.2) is 13.4 Å². The van der Waals surface area contributed by atoms with E-state index in [0.717, 1.165) is 0 Å². The van der Waals surface area contributed by atoms with Crippen molar-refractivity contribution in [2.75, 3.05) is 11.1 Å². The van der Waals surface area contributed by atoms with E-state index in [1.165, 1.54) is 18.5 Å². The summed E-state index contributed by atoms with van der Waals surface area (Å²) in [6.45, 7) is 0. The smallest absolute Gasteiger partial charge is 0.238 e. The van der Waals surface area contributed by atoms with E-state index in [2.05, 4.69) is 15.3 Å². The van der Waals surface area contributed by atoms with Gasteiger partial charge in [0.25, 0.3) is 0 Å². The summed E-state index contributed by atoms with van der Waals surface area (Å²) in [6.07, 6.45) is 1.45. The first-order valence-corrected chi connectivity index (χ1v) is 6.53. The van der Waals surface area contributed by atoms with E-state index in [-0.39, 0.29) is 17.3 Å². The second-order valence-electron chi connectivity index (χ2n) is 3.58. The second-order valence-corrected chi connectivity index (χ2v) is 5.14. The highest BCUT2D eigenvalue weighted by atomic mass is 35.5. The van der Waals surface area contributed by atoms with E-state index in [1.807, 2.05) is 0 Å². The first-order valence-electron chi connectivity index (χ1n) is 4.98. The molecule has 0 fully saturated rings. The van der Waals surface area contributed by atoms with Crippen molar-refractivity contribution in [1.82, 2.24) is 4.98 Å². The number of rotatable bonds is 3. The number of aromatic amines is 1. The SMILES string of the molecule is Nc1cc(Nc2ccc(S(N)(=O)=O)cc2)[nH+]cn1.[Cl-]. The Morgan fingerprint density at radius 3 is 2.37 bits per heavy atom. The molecule has 0 saturated carbocycles. The zero-order valence-electron chi connectivity index (χ0n) is 9.67. The van der Waals surface area contributed by atoms with Gasteiger partial charge in [0.2, 0.25) is 28.0 Å². The minimum atomic E-state index is -3.66. The second kappa shape index (κ2) is 5.83. The Labute approximate surface area is 116 Å². The molecule has 102 valence electrons. The third kappa shape index (κ3) is 4.05. The number of nitrogens with two attached hydrogens (primary N) is 2. The fourth-order valence-corrected chi connectivity index (χ4v) is 1.87. The zero-order chi connectivity index (χ0) is 13.2. The number of halogens is 1. The first-order chi connectivity index (χ1) is 8.45. The maximum absolute atomic E-state index is 11.1. The monoisotopic (exact) mass is 301 g/mol. The summed E-state index contributed by atoms with van der Waals surface area (Å²) in [5, 5.41) is 8.01. The van der Waals surface area contributed by atoms with Crippen LogP contribution in [0.1, 0.15) is 0 Å². The van der Waals surface area contributed by atoms with Crippen molar-refractivity contribution in [1.29, 1.82) is 0 Å². The molecule has 0 aliphatic heterocycles. The van der Waals surface area contributed by atoms with Gasteiger partial charge in [-0.15, -0.1) is 0 Å². The Balaban J connectivity index is 0.00000180. The molecule has 0 bridgehead atoms. The molecule has 0 spiro atoms. The van der Waals surface area contributed by atoms with Gasteiger partial charge in [0.1, 0.15) is 0 Å². The van der Waals surface area contributed by atoms with Gasteiger partial charge in [-0.25, -0.2) is 18.5 Å². The summed E-state index contributed by atoms with van der Waals surface area (Å²) in [7, 11) is -3.66. The quantitative estimate of drug-likeness (QED) is 0.553. The van der Waals surface area contributed by atoms with Gasteiger partial charge in [-0.1, -0.05) is 4.98 Å². The van der Waals surface area contributed by atoms with Crippen LogP contribution in [-0.2, 0) is 10.0 Å². The third-order valence-corrected chi connectivity index (χ3v) is 3.12. The van der Waals surface area contributed by atoms with Crippen molar-refractivity contribution >= 4 is 27.3 Å². The molecule has 0 radical (unpaired) electrons. The number of hydrogen-bond acceptors (Lipinski definition) is 5. The van der Waals surface area contributed by atoms with Gasteiger partial charge in [-0.3, -0.25) is 5.32 Å². The number of nitrogens with zero attached hydrogens (tertiary/aromatic N) is 1. The van der Waals surface area contributed by atoms with Crippen molar-refractivity contribution in [3.8, 4) is 0 Å². The molecule has 1 aromatic carbocycles. The fraction of sp³-hybridized carbons (Fsp3) is 0. The molecule has 0 amide bonds. The largest absolute Gasteiger partial charge is 1.00 e. The van der Waals surface area contributed by atoms with Crippen molar-refractivity contribution < 1.29 is 25.8 Å². The van der Waals surface area contributed by atoms with Gasteiger partial charge in [-0.05, 0) is 24.3 Å². The maximum Gasteiger partial charge on any atom is 0.238 e. The summed E-state index contributed by atoms with van der Waals surface area (Å²) in [5.41, 5.74) is 6.22. The minimum absolute atomic E-state index is 0. The van der Waals surface area contributed by atoms with Crippen LogP contribution in [0.3, 0.4) is 0 Å². The molecular weight excluding hydrogens is 290 g/mol. The molecular formula is C10H12ClN5O2S. The van der Waals surface area contributed by atoms with Gasteiger partial charge in [-0.2, -0.15) is 0 Å². The molecule has 2 aromatic rings. The fourth-order valence-electron chi connectivity index (χ4n) is 1.36. The van der Waals surface area contributed by atoms with E-state index >= 15 is 0 Å². The van der Waals surface area contributed by atoms with Crippen molar-refractivity contribution in [3.63, 3.8) is 0 Å². The molecule has 0 atom stereocenters. The Hall–Kier alpha value is -1.90. The highest BCUT2D eigenvalue weighted by Crippen LogP contribution is 2.16. The molecule has 0 aliphatic rings. The molecule has 1 heterocycles. The molecule has 0 saturated heterocycles. The number of primary sulfonamides is 1. The highest BCUT2D eigenvalue weighted by Gasteiger charge is 2.08. The normalized spacial score (nSPS) is 10.6. The van der Waals surface area contributed by atoms with E-state index in [0.29, 0.717) is 17.3 Å². The van der Waals surface area contributed by atoms with Gasteiger partial charge in [0.05, 0.1) is 16.6 Å². The van der Waals surface area contributed by atoms with Crippen LogP contribution in [0.2, 0.25) is 0 Å². The summed E-state index contributed by atoms with van der Waals surface area (Å²) in [5.74, 6) is 1.02. The summed E-state index contributed by atoms with van der Waals surface area (Å²) in [4.78, 5) is 6.73. The van der Waals surface area contributed by atoms with Crippen LogP contribution in [0.4, 0.5) is 17.3 Å². The number of hydrogen-bond donors (Lipinski definition) is 3. The van der Waals surface area contributed by atoms with Gasteiger partial charge in [0, 0.05) is 0 Å². The van der Waals surface area contributed by atoms with Crippen LogP contribution < -0.4 is 33.6 Å². The molecule has 2 rings (SSSR count). The van der Waals surface area contributed by atoms with E-state index < -0.39 is 10.0 Å². The van der Waals surface area contributed by atoms with Gasteiger partial charge in [0.15, 0.2) is 0 Å². The number of aromatic nitrogens is 2. The van der Waals surface area contributed by atoms with Crippen LogP contribution in [0.15, 0.2) is 41.6 Å². The first kappa shape index (κ1) is 15.2. The van der Waals surface area contributed by atoms with E-state index in [9.17, 15) is 8.42 Å². The summed E-state index contributed by atoms with van der Waals surface area (Å²) >= 11 is 0. The average Bonchev–Trinajstić information content (AvgIpc) is 2.28. The average molecular weight is 302 g/mol. The van der Waals surface area contributed by atoms with E-state index in [4.69, 9.17) is 10.9 Å². The topological polar surface area (TPSA) is 125 Å². The lowest BCUT2D eigenvalue weighted by Gasteiger charge is -2.02. The van der Waals surface area contributed by atoms with Crippen LogP contribution in [0, 0.1) is 0 Å². The highest BCUT2D eigenvalue weighted by molar-refractivity contribution is 7.89. The molecule has 0 unspecified atom stereocenters. The molecule has 9 heteroatoms. The molecule has 7 nitrogen and oxygen atoms in total. The third-order valence-electron chi connectivity index (χ3n) is 2.19. The standard InChI is InChI=1S/C10H11N5O2S.ClH/c11-9-5-10(14-6-13-9)15-7-1-3-8(4-2-7)18(12,16)17;/h1-6H,(H2,12,16,17)(H3,11,13,14,15);1H. The predicted octanol–water partition coefficient (Wildman–Crippen LogP) is -3.13. The number of sulfonamides is 1. The molecule has 19 heavy (non-hydrogen) atoms. The Bertz CT molecular complexity index is 660. The zero-order valence-corrected chi connectivity index (χ0v) is 11.2. The number of anilines is 3. The lowest BCUT2D eigenvalue weighted by molar-refractivity contribution is -0.365. The maximum atomic E-state index is 11.1. The lowest BCUT2D eigenvalue weighted by atomic mass is 10.3. The van der Waals surface area contributed by atoms with Crippen molar-refractivity contribution in [2.24, 2.45) is 5.14 Å². The van der Waals surface area contributed by atoms with Gasteiger partial charge >= 0.3 is 0 Å². The van der Waals surface area contributed by atoms with Crippen LogP contribution in [0.25, 0.3) is 0 Å². The summed E-state index contributed by atoms with van der Waals surface area (Å²) in [6, 6.07) is 7.66.